The van der Waals surface area contributed by atoms with E-state index in [-0.39, 0.29) is 32.0 Å². The molecule has 6 rings (SSSR count). The first kappa shape index (κ1) is 26.4. The van der Waals surface area contributed by atoms with Crippen LogP contribution in [-0.4, -0.2) is 89.8 Å². The molecule has 2 atom stereocenters. The van der Waals surface area contributed by atoms with Crippen molar-refractivity contribution >= 4 is 17.9 Å². The number of hydrogen-bond donors (Lipinski definition) is 0. The maximum atomic E-state index is 14.1. The molecule has 2 saturated heterocycles. The van der Waals surface area contributed by atoms with Crippen molar-refractivity contribution in [1.82, 2.24) is 14.7 Å². The molecule has 0 unspecified atom stereocenters. The molecule has 1 aromatic rings. The van der Waals surface area contributed by atoms with Crippen molar-refractivity contribution in [3.63, 3.8) is 0 Å². The van der Waals surface area contributed by atoms with Crippen molar-refractivity contribution in [1.29, 1.82) is 5.26 Å². The normalized spacial score (nSPS) is 30.5. The van der Waals surface area contributed by atoms with Crippen molar-refractivity contribution in [2.75, 3.05) is 39.4 Å². The van der Waals surface area contributed by atoms with Gasteiger partial charge < -0.3 is 19.3 Å². The SMILES string of the molecule is N#C[C@@H]1C[C@H](F)CN1C(=O)CN(C(=O)OCc1ccccc1)C12CCC(C(=O)N3CCOCC3)(CC1)CC2. The topological polar surface area (TPSA) is 103 Å². The molecule has 5 aliphatic rings. The molecule has 3 aliphatic carbocycles. The zero-order valence-electron chi connectivity index (χ0n) is 21.6. The Morgan fingerprint density at radius 1 is 1.08 bits per heavy atom. The van der Waals surface area contributed by atoms with E-state index in [4.69, 9.17) is 9.47 Å². The fourth-order valence-corrected chi connectivity index (χ4v) is 6.63. The highest BCUT2D eigenvalue weighted by atomic mass is 19.1. The summed E-state index contributed by atoms with van der Waals surface area (Å²) in [5, 5.41) is 9.44. The smallest absolute Gasteiger partial charge is 0.411 e. The fourth-order valence-electron chi connectivity index (χ4n) is 6.63. The van der Waals surface area contributed by atoms with E-state index in [9.17, 15) is 24.0 Å². The summed E-state index contributed by atoms with van der Waals surface area (Å²) < 4.78 is 25.1. The van der Waals surface area contributed by atoms with Crippen LogP contribution in [0.1, 0.15) is 50.5 Å². The molecule has 3 amide bonds. The molecule has 0 radical (unpaired) electrons. The summed E-state index contributed by atoms with van der Waals surface area (Å²) in [5.74, 6) is -0.277. The number of nitrogens with zero attached hydrogens (tertiary/aromatic N) is 4. The van der Waals surface area contributed by atoms with Gasteiger partial charge in [-0.2, -0.15) is 5.26 Å². The quantitative estimate of drug-likeness (QED) is 0.565. The van der Waals surface area contributed by atoms with Crippen LogP contribution < -0.4 is 0 Å². The largest absolute Gasteiger partial charge is 0.445 e. The highest BCUT2D eigenvalue weighted by molar-refractivity contribution is 5.85. The van der Waals surface area contributed by atoms with E-state index in [1.54, 1.807) is 0 Å². The van der Waals surface area contributed by atoms with Gasteiger partial charge in [-0.3, -0.25) is 14.5 Å². The first-order chi connectivity index (χ1) is 18.4. The Kier molecular flexibility index (Phi) is 7.57. The summed E-state index contributed by atoms with van der Waals surface area (Å²) in [6.07, 6.45) is 1.80. The number of alkyl halides is 1. The maximum absolute atomic E-state index is 14.1. The Labute approximate surface area is 222 Å². The molecule has 1 aromatic carbocycles. The Bertz CT molecular complexity index is 1060. The predicted molar refractivity (Wildman–Crippen MR) is 134 cm³/mol. The summed E-state index contributed by atoms with van der Waals surface area (Å²) in [6.45, 7) is 1.95. The number of carbonyl (C=O) groups excluding carboxylic acids is 3. The van der Waals surface area contributed by atoms with E-state index in [0.29, 0.717) is 64.8 Å². The second-order valence-electron chi connectivity index (χ2n) is 11.1. The van der Waals surface area contributed by atoms with Crippen LogP contribution in [0.15, 0.2) is 30.3 Å². The van der Waals surface area contributed by atoms with Crippen LogP contribution in [0.2, 0.25) is 0 Å². The molecule has 2 bridgehead atoms. The summed E-state index contributed by atoms with van der Waals surface area (Å²) in [7, 11) is 0. The third-order valence-electron chi connectivity index (χ3n) is 8.97. The molecule has 9 nitrogen and oxygen atoms in total. The number of benzene rings is 1. The molecule has 204 valence electrons. The predicted octanol–water partition coefficient (Wildman–Crippen LogP) is 3.04. The van der Waals surface area contributed by atoms with Crippen molar-refractivity contribution in [3.8, 4) is 6.07 Å². The Morgan fingerprint density at radius 2 is 1.74 bits per heavy atom. The number of likely N-dealkylation sites (tertiary alicyclic amines) is 1. The fraction of sp³-hybridized carbons (Fsp3) is 0.643. The number of halogens is 1. The second-order valence-corrected chi connectivity index (χ2v) is 11.1. The molecule has 0 aromatic heterocycles. The maximum Gasteiger partial charge on any atom is 0.411 e. The average Bonchev–Trinajstić information content (AvgIpc) is 3.36. The zero-order valence-corrected chi connectivity index (χ0v) is 21.6. The minimum atomic E-state index is -1.25. The van der Waals surface area contributed by atoms with Gasteiger partial charge in [0.25, 0.3) is 0 Å². The molecule has 0 spiro atoms. The van der Waals surface area contributed by atoms with Crippen LogP contribution in [0.4, 0.5) is 9.18 Å². The van der Waals surface area contributed by atoms with Gasteiger partial charge in [0.2, 0.25) is 11.8 Å². The zero-order chi connectivity index (χ0) is 26.8. The number of hydrogen-bond acceptors (Lipinski definition) is 6. The van der Waals surface area contributed by atoms with Crippen LogP contribution in [0, 0.1) is 16.7 Å². The van der Waals surface area contributed by atoms with Crippen LogP contribution in [0.3, 0.4) is 0 Å². The Morgan fingerprint density at radius 3 is 2.37 bits per heavy atom. The summed E-state index contributed by atoms with van der Waals surface area (Å²) in [6, 6.07) is 10.5. The van der Waals surface area contributed by atoms with Crippen molar-refractivity contribution in [2.24, 2.45) is 5.41 Å². The molecule has 3 saturated carbocycles. The van der Waals surface area contributed by atoms with Gasteiger partial charge in [0.1, 0.15) is 25.4 Å². The molecule has 10 heteroatoms. The standard InChI is InChI=1S/C28H35FN4O5/c29-22-16-23(17-30)32(18-22)24(34)19-33(26(36)38-20-21-4-2-1-3-5-21)28-9-6-27(7-10-28,8-11-28)25(35)31-12-14-37-15-13-31/h1-5,22-23H,6-16,18-20H2/t22-,23-,27?,28?/m0/s1. The van der Waals surface area contributed by atoms with E-state index in [2.05, 4.69) is 0 Å². The number of ether oxygens (including phenoxy) is 2. The number of amides is 3. The molecular formula is C28H35FN4O5. The number of nitriles is 1. The lowest BCUT2D eigenvalue weighted by atomic mass is 9.56. The Hall–Kier alpha value is -3.19. The molecule has 38 heavy (non-hydrogen) atoms. The van der Waals surface area contributed by atoms with Crippen LogP contribution in [0.25, 0.3) is 0 Å². The minimum absolute atomic E-state index is 0.0159. The number of fused-ring (bicyclic) bond motifs is 3. The van der Waals surface area contributed by atoms with E-state index in [1.807, 2.05) is 41.3 Å². The van der Waals surface area contributed by atoms with Gasteiger partial charge >= 0.3 is 6.09 Å². The van der Waals surface area contributed by atoms with E-state index < -0.39 is 35.2 Å². The first-order valence-electron chi connectivity index (χ1n) is 13.5. The highest BCUT2D eigenvalue weighted by Gasteiger charge is 2.57. The van der Waals surface area contributed by atoms with Crippen molar-refractivity contribution < 1.29 is 28.2 Å². The molecular weight excluding hydrogens is 491 g/mol. The van der Waals surface area contributed by atoms with Crippen molar-refractivity contribution in [3.05, 3.63) is 35.9 Å². The summed E-state index contributed by atoms with van der Waals surface area (Å²) in [4.78, 5) is 45.0. The monoisotopic (exact) mass is 526 g/mol. The molecule has 2 heterocycles. The van der Waals surface area contributed by atoms with Gasteiger partial charge in [0.15, 0.2) is 0 Å². The number of rotatable bonds is 6. The summed E-state index contributed by atoms with van der Waals surface area (Å²) in [5.41, 5.74) is -0.227. The van der Waals surface area contributed by atoms with E-state index in [1.165, 1.54) is 9.80 Å². The van der Waals surface area contributed by atoms with E-state index >= 15 is 0 Å². The highest BCUT2D eigenvalue weighted by Crippen LogP contribution is 2.55. The third-order valence-corrected chi connectivity index (χ3v) is 8.97. The van der Waals surface area contributed by atoms with Gasteiger partial charge in [0, 0.05) is 30.5 Å². The number of morpholine rings is 1. The van der Waals surface area contributed by atoms with Gasteiger partial charge in [-0.15, -0.1) is 0 Å². The summed E-state index contributed by atoms with van der Waals surface area (Å²) >= 11 is 0. The van der Waals surface area contributed by atoms with Crippen molar-refractivity contribution in [2.45, 2.75) is 69.3 Å². The van der Waals surface area contributed by atoms with Gasteiger partial charge in [-0.1, -0.05) is 30.3 Å². The Balaban J connectivity index is 1.33. The van der Waals surface area contributed by atoms with Gasteiger partial charge in [-0.25, -0.2) is 9.18 Å². The van der Waals surface area contributed by atoms with Crippen LogP contribution in [0.5, 0.6) is 0 Å². The van der Waals surface area contributed by atoms with Crippen LogP contribution >= 0.6 is 0 Å². The molecule has 0 N–H and O–H groups in total. The second kappa shape index (κ2) is 10.9. The minimum Gasteiger partial charge on any atom is -0.445 e. The molecule has 5 fully saturated rings. The van der Waals surface area contributed by atoms with E-state index in [0.717, 1.165) is 5.56 Å². The third kappa shape index (κ3) is 5.08. The van der Waals surface area contributed by atoms with Gasteiger partial charge in [-0.05, 0) is 44.1 Å². The lowest BCUT2D eigenvalue weighted by Gasteiger charge is -2.57. The lowest BCUT2D eigenvalue weighted by molar-refractivity contribution is -0.158. The van der Waals surface area contributed by atoms with Crippen LogP contribution in [-0.2, 0) is 25.7 Å². The molecule has 2 aliphatic heterocycles. The number of carbonyl (C=O) groups is 3. The average molecular weight is 527 g/mol. The van der Waals surface area contributed by atoms with Gasteiger partial charge in [0.05, 0.1) is 25.8 Å². The lowest BCUT2D eigenvalue weighted by Crippen LogP contribution is -2.63. The first-order valence-corrected chi connectivity index (χ1v) is 13.5.